The van der Waals surface area contributed by atoms with Gasteiger partial charge in [0.15, 0.2) is 0 Å². The SMILES string of the molecule is O=C(Nc1ccc2c(c1)CCC2)C1Cc2nc[nH]c2CN1. The molecule has 0 spiro atoms. The Labute approximate surface area is 123 Å². The number of hydrogen-bond donors (Lipinski definition) is 3. The Kier molecular flexibility index (Phi) is 3.00. The van der Waals surface area contributed by atoms with E-state index in [1.165, 1.54) is 17.5 Å². The van der Waals surface area contributed by atoms with Gasteiger partial charge in [-0.25, -0.2) is 4.98 Å². The number of anilines is 1. The Morgan fingerprint density at radius 1 is 1.29 bits per heavy atom. The van der Waals surface area contributed by atoms with Crippen molar-refractivity contribution in [2.24, 2.45) is 0 Å². The zero-order valence-corrected chi connectivity index (χ0v) is 11.8. The van der Waals surface area contributed by atoms with Gasteiger partial charge in [-0.3, -0.25) is 10.1 Å². The minimum Gasteiger partial charge on any atom is -0.347 e. The summed E-state index contributed by atoms with van der Waals surface area (Å²) in [5, 5.41) is 6.28. The molecule has 1 aliphatic heterocycles. The number of rotatable bonds is 2. The maximum Gasteiger partial charge on any atom is 0.241 e. The van der Waals surface area contributed by atoms with Gasteiger partial charge in [-0.15, -0.1) is 0 Å². The lowest BCUT2D eigenvalue weighted by atomic mass is 10.0. The van der Waals surface area contributed by atoms with E-state index in [-0.39, 0.29) is 11.9 Å². The maximum atomic E-state index is 12.4. The Morgan fingerprint density at radius 2 is 2.19 bits per heavy atom. The molecule has 2 heterocycles. The van der Waals surface area contributed by atoms with Gasteiger partial charge in [-0.2, -0.15) is 0 Å². The first kappa shape index (κ1) is 12.6. The minimum absolute atomic E-state index is 0.0154. The number of carbonyl (C=O) groups excluding carboxylic acids is 1. The fraction of sp³-hybridized carbons (Fsp3) is 0.375. The van der Waals surface area contributed by atoms with Crippen LogP contribution in [-0.4, -0.2) is 21.9 Å². The summed E-state index contributed by atoms with van der Waals surface area (Å²) in [5.41, 5.74) is 5.76. The normalized spacial score (nSPS) is 19.9. The number of nitrogens with zero attached hydrogens (tertiary/aromatic N) is 1. The third kappa shape index (κ3) is 2.34. The second-order valence-corrected chi connectivity index (χ2v) is 5.79. The average molecular weight is 282 g/mol. The molecule has 108 valence electrons. The van der Waals surface area contributed by atoms with Crippen LogP contribution in [0.1, 0.15) is 28.9 Å². The Bertz CT molecular complexity index is 691. The number of aryl methyl sites for hydroxylation is 2. The van der Waals surface area contributed by atoms with Crippen LogP contribution in [0.4, 0.5) is 5.69 Å². The van der Waals surface area contributed by atoms with Crippen LogP contribution < -0.4 is 10.6 Å². The monoisotopic (exact) mass is 282 g/mol. The lowest BCUT2D eigenvalue weighted by molar-refractivity contribution is -0.118. The summed E-state index contributed by atoms with van der Waals surface area (Å²) in [6.45, 7) is 0.664. The molecule has 4 rings (SSSR count). The molecule has 2 aromatic rings. The highest BCUT2D eigenvalue weighted by Crippen LogP contribution is 2.25. The number of aromatic amines is 1. The Morgan fingerprint density at radius 3 is 3.14 bits per heavy atom. The van der Waals surface area contributed by atoms with Gasteiger partial charge >= 0.3 is 0 Å². The van der Waals surface area contributed by atoms with E-state index in [0.717, 1.165) is 29.9 Å². The van der Waals surface area contributed by atoms with Crippen LogP contribution in [0, 0.1) is 0 Å². The van der Waals surface area contributed by atoms with E-state index in [4.69, 9.17) is 0 Å². The fourth-order valence-electron chi connectivity index (χ4n) is 3.23. The van der Waals surface area contributed by atoms with Crippen molar-refractivity contribution in [1.82, 2.24) is 15.3 Å². The van der Waals surface area contributed by atoms with E-state index < -0.39 is 0 Å². The quantitative estimate of drug-likeness (QED) is 0.783. The summed E-state index contributed by atoms with van der Waals surface area (Å²) < 4.78 is 0. The molecular weight excluding hydrogens is 264 g/mol. The van der Waals surface area contributed by atoms with Gasteiger partial charge in [-0.05, 0) is 42.5 Å². The second-order valence-electron chi connectivity index (χ2n) is 5.79. The number of amides is 1. The van der Waals surface area contributed by atoms with Gasteiger partial charge in [0.05, 0.1) is 23.8 Å². The summed E-state index contributed by atoms with van der Waals surface area (Å²) in [5.74, 6) is 0.0154. The predicted molar refractivity (Wildman–Crippen MR) is 80.0 cm³/mol. The molecule has 1 aromatic heterocycles. The van der Waals surface area contributed by atoms with E-state index in [0.29, 0.717) is 13.0 Å². The van der Waals surface area contributed by atoms with E-state index in [2.05, 4.69) is 32.7 Å². The molecule has 0 radical (unpaired) electrons. The van der Waals surface area contributed by atoms with E-state index in [1.807, 2.05) is 6.07 Å². The van der Waals surface area contributed by atoms with Crippen molar-refractivity contribution in [2.75, 3.05) is 5.32 Å². The second kappa shape index (κ2) is 5.00. The third-order valence-electron chi connectivity index (χ3n) is 4.41. The molecule has 1 amide bonds. The summed E-state index contributed by atoms with van der Waals surface area (Å²) in [6.07, 6.45) is 5.83. The first-order valence-electron chi connectivity index (χ1n) is 7.47. The predicted octanol–water partition coefficient (Wildman–Crippen LogP) is 1.55. The third-order valence-corrected chi connectivity index (χ3v) is 4.41. The van der Waals surface area contributed by atoms with Crippen molar-refractivity contribution in [3.8, 4) is 0 Å². The number of imidazole rings is 1. The number of fused-ring (bicyclic) bond motifs is 2. The highest BCUT2D eigenvalue weighted by atomic mass is 16.2. The molecule has 0 fully saturated rings. The zero-order chi connectivity index (χ0) is 14.2. The van der Waals surface area contributed by atoms with Gasteiger partial charge in [0.2, 0.25) is 5.91 Å². The molecule has 21 heavy (non-hydrogen) atoms. The smallest absolute Gasteiger partial charge is 0.241 e. The number of benzene rings is 1. The van der Waals surface area contributed by atoms with Crippen molar-refractivity contribution < 1.29 is 4.79 Å². The van der Waals surface area contributed by atoms with Crippen LogP contribution in [0.2, 0.25) is 0 Å². The Hall–Kier alpha value is -2.14. The largest absolute Gasteiger partial charge is 0.347 e. The highest BCUT2D eigenvalue weighted by molar-refractivity contribution is 5.95. The lowest BCUT2D eigenvalue weighted by Gasteiger charge is -2.22. The number of H-pyrrole nitrogens is 1. The van der Waals surface area contributed by atoms with Crippen molar-refractivity contribution in [3.63, 3.8) is 0 Å². The molecular formula is C16H18N4O. The van der Waals surface area contributed by atoms with E-state index >= 15 is 0 Å². The number of hydrogen-bond acceptors (Lipinski definition) is 3. The van der Waals surface area contributed by atoms with Crippen molar-refractivity contribution >= 4 is 11.6 Å². The van der Waals surface area contributed by atoms with Gasteiger partial charge in [0.1, 0.15) is 0 Å². The molecule has 1 atom stereocenters. The van der Waals surface area contributed by atoms with Gasteiger partial charge in [-0.1, -0.05) is 6.07 Å². The average Bonchev–Trinajstić information content (AvgIpc) is 3.14. The summed E-state index contributed by atoms with van der Waals surface area (Å²) in [4.78, 5) is 19.7. The van der Waals surface area contributed by atoms with Crippen molar-refractivity contribution in [1.29, 1.82) is 0 Å². The first-order chi connectivity index (χ1) is 10.3. The van der Waals surface area contributed by atoms with Crippen molar-refractivity contribution in [3.05, 3.63) is 47.0 Å². The minimum atomic E-state index is -0.214. The molecule has 5 nitrogen and oxygen atoms in total. The number of aromatic nitrogens is 2. The molecule has 0 bridgehead atoms. The number of nitrogens with one attached hydrogen (secondary N) is 3. The lowest BCUT2D eigenvalue weighted by Crippen LogP contribution is -2.44. The molecule has 0 saturated heterocycles. The van der Waals surface area contributed by atoms with Gasteiger partial charge in [0.25, 0.3) is 0 Å². The van der Waals surface area contributed by atoms with Crippen LogP contribution in [0.5, 0.6) is 0 Å². The molecule has 1 aliphatic carbocycles. The van der Waals surface area contributed by atoms with Gasteiger partial charge in [0, 0.05) is 18.7 Å². The van der Waals surface area contributed by atoms with Crippen LogP contribution in [0.3, 0.4) is 0 Å². The van der Waals surface area contributed by atoms with E-state index in [9.17, 15) is 4.79 Å². The molecule has 2 aliphatic rings. The molecule has 3 N–H and O–H groups in total. The van der Waals surface area contributed by atoms with E-state index in [1.54, 1.807) is 6.33 Å². The summed E-state index contributed by atoms with van der Waals surface area (Å²) in [7, 11) is 0. The fourth-order valence-corrected chi connectivity index (χ4v) is 3.23. The highest BCUT2D eigenvalue weighted by Gasteiger charge is 2.26. The standard InChI is InChI=1S/C16H18N4O/c21-16(14-7-13-15(8-17-14)19-9-18-13)20-12-5-4-10-2-1-3-11(10)6-12/h4-6,9,14,17H,1-3,7-8H2,(H,18,19)(H,20,21). The summed E-state index contributed by atoms with van der Waals surface area (Å²) >= 11 is 0. The Balaban J connectivity index is 1.47. The molecule has 1 aromatic carbocycles. The zero-order valence-electron chi connectivity index (χ0n) is 11.8. The van der Waals surface area contributed by atoms with Crippen LogP contribution in [0.15, 0.2) is 24.5 Å². The first-order valence-corrected chi connectivity index (χ1v) is 7.47. The topological polar surface area (TPSA) is 69.8 Å². The van der Waals surface area contributed by atoms with Crippen molar-refractivity contribution in [2.45, 2.75) is 38.3 Å². The molecule has 0 saturated carbocycles. The van der Waals surface area contributed by atoms with Crippen LogP contribution in [-0.2, 0) is 30.6 Å². The van der Waals surface area contributed by atoms with Gasteiger partial charge < -0.3 is 10.3 Å². The maximum absolute atomic E-state index is 12.4. The molecule has 5 heteroatoms. The molecule has 1 unspecified atom stereocenters. The summed E-state index contributed by atoms with van der Waals surface area (Å²) in [6, 6.07) is 6.04. The van der Waals surface area contributed by atoms with Crippen LogP contribution >= 0.6 is 0 Å². The number of carbonyl (C=O) groups is 1. The van der Waals surface area contributed by atoms with Crippen LogP contribution in [0.25, 0.3) is 0 Å².